The van der Waals surface area contributed by atoms with Gasteiger partial charge in [-0.1, -0.05) is 37.4 Å². The van der Waals surface area contributed by atoms with Gasteiger partial charge in [0, 0.05) is 11.6 Å². The predicted molar refractivity (Wildman–Crippen MR) is 113 cm³/mol. The van der Waals surface area contributed by atoms with Crippen LogP contribution in [0.4, 0.5) is 5.69 Å². The Morgan fingerprint density at radius 3 is 2.90 bits per heavy atom. The van der Waals surface area contributed by atoms with E-state index in [9.17, 15) is 14.9 Å². The lowest BCUT2D eigenvalue weighted by molar-refractivity contribution is -0.384. The summed E-state index contributed by atoms with van der Waals surface area (Å²) in [6, 6.07) is 6.00. The molecule has 7 nitrogen and oxygen atoms in total. The highest BCUT2D eigenvalue weighted by molar-refractivity contribution is 7.20. The Morgan fingerprint density at radius 1 is 1.41 bits per heavy atom. The van der Waals surface area contributed by atoms with Gasteiger partial charge in [0.1, 0.15) is 9.21 Å². The molecule has 2 atom stereocenters. The summed E-state index contributed by atoms with van der Waals surface area (Å²) >= 11 is 7.15. The molecule has 29 heavy (non-hydrogen) atoms. The molecule has 1 aliphatic carbocycles. The van der Waals surface area contributed by atoms with Crippen LogP contribution in [-0.4, -0.2) is 27.6 Å². The second-order valence-corrected chi connectivity index (χ2v) is 9.08. The van der Waals surface area contributed by atoms with Gasteiger partial charge >= 0.3 is 11.7 Å². The molecule has 0 amide bonds. The Hall–Kier alpha value is -2.45. The summed E-state index contributed by atoms with van der Waals surface area (Å²) in [5.41, 5.74) is 1.84. The van der Waals surface area contributed by atoms with Crippen molar-refractivity contribution in [2.45, 2.75) is 38.6 Å². The Kier molecular flexibility index (Phi) is 5.31. The van der Waals surface area contributed by atoms with Gasteiger partial charge in [-0.3, -0.25) is 10.1 Å². The summed E-state index contributed by atoms with van der Waals surface area (Å²) < 4.78 is 6.92. The highest BCUT2D eigenvalue weighted by Gasteiger charge is 2.33. The number of thiophene rings is 1. The minimum Gasteiger partial charge on any atom is -0.465 e. The van der Waals surface area contributed by atoms with Crippen molar-refractivity contribution in [3.05, 3.63) is 44.5 Å². The standard InChI is InChI=1S/C20H20ClN3O4S/c1-11-4-3-5-13(8-11)23-10-22-14-9-12(6-7-15(14)23)18-17(24(26)27)16(19(21)29-18)20(25)28-2/h6-7,9-11,13H,3-5,8H2,1-2H3/t11-,13-/m0/s1. The Bertz CT molecular complexity index is 1110. The fourth-order valence-corrected chi connectivity index (χ4v) is 5.54. The zero-order valence-electron chi connectivity index (χ0n) is 16.1. The predicted octanol–water partition coefficient (Wildman–Crippen LogP) is 5.86. The van der Waals surface area contributed by atoms with E-state index < -0.39 is 10.9 Å². The van der Waals surface area contributed by atoms with Gasteiger partial charge in [-0.05, 0) is 30.9 Å². The summed E-state index contributed by atoms with van der Waals surface area (Å²) in [7, 11) is 1.17. The Balaban J connectivity index is 1.78. The van der Waals surface area contributed by atoms with E-state index in [2.05, 4.69) is 21.2 Å². The first-order valence-corrected chi connectivity index (χ1v) is 10.6. The van der Waals surface area contributed by atoms with E-state index in [0.717, 1.165) is 35.2 Å². The van der Waals surface area contributed by atoms with Crippen molar-refractivity contribution < 1.29 is 14.5 Å². The van der Waals surface area contributed by atoms with Crippen molar-refractivity contribution in [1.82, 2.24) is 9.55 Å². The molecular formula is C20H20ClN3O4S. The number of halogens is 1. The number of benzene rings is 1. The minimum atomic E-state index is -0.819. The van der Waals surface area contributed by atoms with Crippen molar-refractivity contribution in [2.75, 3.05) is 7.11 Å². The second-order valence-electron chi connectivity index (χ2n) is 7.46. The number of carbonyl (C=O) groups excluding carboxylic acids is 1. The fraction of sp³-hybridized carbons (Fsp3) is 0.400. The summed E-state index contributed by atoms with van der Waals surface area (Å²) in [5.74, 6) is -0.126. The van der Waals surface area contributed by atoms with Crippen molar-refractivity contribution in [3.63, 3.8) is 0 Å². The Morgan fingerprint density at radius 2 is 2.21 bits per heavy atom. The number of hydrogen-bond donors (Lipinski definition) is 0. The third-order valence-electron chi connectivity index (χ3n) is 5.55. The van der Waals surface area contributed by atoms with Crippen LogP contribution in [0.15, 0.2) is 24.5 Å². The van der Waals surface area contributed by atoms with Gasteiger partial charge in [-0.25, -0.2) is 9.78 Å². The topological polar surface area (TPSA) is 87.3 Å². The van der Waals surface area contributed by atoms with E-state index in [-0.39, 0.29) is 15.6 Å². The molecule has 0 saturated heterocycles. The monoisotopic (exact) mass is 433 g/mol. The number of imidazole rings is 1. The highest BCUT2D eigenvalue weighted by Crippen LogP contribution is 2.46. The number of carbonyl (C=O) groups is 1. The molecule has 0 N–H and O–H groups in total. The molecule has 1 fully saturated rings. The molecule has 0 spiro atoms. The van der Waals surface area contributed by atoms with Crippen LogP contribution in [-0.2, 0) is 4.74 Å². The summed E-state index contributed by atoms with van der Waals surface area (Å²) in [6.45, 7) is 2.28. The molecule has 0 aliphatic heterocycles. The van der Waals surface area contributed by atoms with Crippen LogP contribution in [0.5, 0.6) is 0 Å². The van der Waals surface area contributed by atoms with Gasteiger partial charge in [-0.15, -0.1) is 11.3 Å². The zero-order valence-corrected chi connectivity index (χ0v) is 17.6. The van der Waals surface area contributed by atoms with Crippen LogP contribution >= 0.6 is 22.9 Å². The lowest BCUT2D eigenvalue weighted by atomic mass is 9.87. The molecule has 1 aliphatic rings. The van der Waals surface area contributed by atoms with Crippen LogP contribution < -0.4 is 0 Å². The quantitative estimate of drug-likeness (QED) is 0.292. The summed E-state index contributed by atoms with van der Waals surface area (Å²) in [6.07, 6.45) is 6.58. The molecule has 2 heterocycles. The van der Waals surface area contributed by atoms with Crippen LogP contribution in [0.1, 0.15) is 49.0 Å². The van der Waals surface area contributed by atoms with E-state index in [1.54, 1.807) is 0 Å². The lowest BCUT2D eigenvalue weighted by Crippen LogP contribution is -2.16. The maximum Gasteiger partial charge on any atom is 0.347 e. The summed E-state index contributed by atoms with van der Waals surface area (Å²) in [5, 5.41) is 11.7. The van der Waals surface area contributed by atoms with E-state index in [1.165, 1.54) is 20.0 Å². The van der Waals surface area contributed by atoms with E-state index in [0.29, 0.717) is 22.4 Å². The minimum absolute atomic E-state index is 0.0420. The molecule has 2 aromatic heterocycles. The van der Waals surface area contributed by atoms with Gasteiger partial charge in [0.05, 0.1) is 29.4 Å². The van der Waals surface area contributed by atoms with Gasteiger partial charge in [0.2, 0.25) is 0 Å². The number of nitro groups is 1. The Labute approximate surface area is 176 Å². The number of esters is 1. The molecule has 0 bridgehead atoms. The first kappa shape index (κ1) is 19.8. The van der Waals surface area contributed by atoms with E-state index in [1.807, 2.05) is 24.5 Å². The number of ether oxygens (including phenoxy) is 1. The average Bonchev–Trinajstić information content (AvgIpc) is 3.28. The molecule has 9 heteroatoms. The summed E-state index contributed by atoms with van der Waals surface area (Å²) in [4.78, 5) is 28.0. The third-order valence-corrected chi connectivity index (χ3v) is 6.99. The van der Waals surface area contributed by atoms with Crippen LogP contribution in [0.2, 0.25) is 4.34 Å². The highest BCUT2D eigenvalue weighted by atomic mass is 35.5. The van der Waals surface area contributed by atoms with Crippen LogP contribution in [0, 0.1) is 16.0 Å². The van der Waals surface area contributed by atoms with E-state index >= 15 is 0 Å². The molecule has 152 valence electrons. The van der Waals surface area contributed by atoms with Gasteiger partial charge in [-0.2, -0.15) is 0 Å². The second kappa shape index (κ2) is 7.76. The smallest absolute Gasteiger partial charge is 0.347 e. The van der Waals surface area contributed by atoms with Gasteiger partial charge in [0.15, 0.2) is 5.56 Å². The molecular weight excluding hydrogens is 414 g/mol. The molecule has 1 aromatic carbocycles. The molecule has 0 radical (unpaired) electrons. The van der Waals surface area contributed by atoms with Crippen LogP contribution in [0.25, 0.3) is 21.5 Å². The van der Waals surface area contributed by atoms with E-state index in [4.69, 9.17) is 11.6 Å². The number of rotatable bonds is 4. The molecule has 1 saturated carbocycles. The van der Waals surface area contributed by atoms with Crippen molar-refractivity contribution in [2.24, 2.45) is 5.92 Å². The molecule has 3 aromatic rings. The van der Waals surface area contributed by atoms with Crippen LogP contribution in [0.3, 0.4) is 0 Å². The van der Waals surface area contributed by atoms with Crippen molar-refractivity contribution in [1.29, 1.82) is 0 Å². The zero-order chi connectivity index (χ0) is 20.7. The van der Waals surface area contributed by atoms with Gasteiger partial charge in [0.25, 0.3) is 0 Å². The first-order valence-electron chi connectivity index (χ1n) is 9.42. The number of nitrogens with zero attached hydrogens (tertiary/aromatic N) is 3. The largest absolute Gasteiger partial charge is 0.465 e. The molecule has 0 unspecified atom stereocenters. The normalized spacial score (nSPS) is 19.4. The third kappa shape index (κ3) is 3.51. The number of hydrogen-bond acceptors (Lipinski definition) is 6. The first-order chi connectivity index (χ1) is 13.9. The maximum absolute atomic E-state index is 12.0. The lowest BCUT2D eigenvalue weighted by Gasteiger charge is -2.28. The number of aromatic nitrogens is 2. The number of fused-ring (bicyclic) bond motifs is 1. The molecule has 4 rings (SSSR count). The number of methoxy groups -OCH3 is 1. The van der Waals surface area contributed by atoms with Crippen molar-refractivity contribution >= 4 is 45.6 Å². The van der Waals surface area contributed by atoms with Crippen molar-refractivity contribution in [3.8, 4) is 10.4 Å². The van der Waals surface area contributed by atoms with Gasteiger partial charge < -0.3 is 9.30 Å². The average molecular weight is 434 g/mol. The fourth-order valence-electron chi connectivity index (χ4n) is 4.16. The SMILES string of the molecule is COC(=O)c1c(Cl)sc(-c2ccc3c(c2)ncn3[C@H]2CCC[C@H](C)C2)c1[N+](=O)[O-]. The maximum atomic E-state index is 12.0.